The number of rotatable bonds is 3. The topological polar surface area (TPSA) is 18.5 Å². The number of piperazine rings is 1. The van der Waals surface area contributed by atoms with Crippen LogP contribution in [0.1, 0.15) is 32.6 Å². The first kappa shape index (κ1) is 13.7. The molecule has 20 heavy (non-hydrogen) atoms. The van der Waals surface area contributed by atoms with Gasteiger partial charge < -0.3 is 15.1 Å². The van der Waals surface area contributed by atoms with Crippen molar-refractivity contribution < 1.29 is 0 Å². The van der Waals surface area contributed by atoms with E-state index < -0.39 is 0 Å². The Bertz CT molecular complexity index is 409. The fourth-order valence-electron chi connectivity index (χ4n) is 3.36. The van der Waals surface area contributed by atoms with E-state index >= 15 is 0 Å². The molecule has 3 heteroatoms. The molecule has 1 unspecified atom stereocenters. The predicted molar refractivity (Wildman–Crippen MR) is 86.8 cm³/mol. The molecule has 1 atom stereocenters. The third-order valence-electron chi connectivity index (χ3n) is 4.68. The number of piperidine rings is 1. The molecular formula is C17H27N3. The summed E-state index contributed by atoms with van der Waals surface area (Å²) in [7, 11) is 0. The lowest BCUT2D eigenvalue weighted by molar-refractivity contribution is 0.447. The molecule has 2 aliphatic heterocycles. The highest BCUT2D eigenvalue weighted by molar-refractivity contribution is 5.56. The smallest absolute Gasteiger partial charge is 0.0368 e. The normalized spacial score (nSPS) is 23.9. The highest BCUT2D eigenvalue weighted by Crippen LogP contribution is 2.24. The zero-order valence-corrected chi connectivity index (χ0v) is 12.6. The highest BCUT2D eigenvalue weighted by atomic mass is 15.2. The molecule has 0 bridgehead atoms. The summed E-state index contributed by atoms with van der Waals surface area (Å²) in [6.45, 7) is 8.09. The van der Waals surface area contributed by atoms with Crippen molar-refractivity contribution in [3.63, 3.8) is 0 Å². The van der Waals surface area contributed by atoms with Gasteiger partial charge in [0.05, 0.1) is 0 Å². The van der Waals surface area contributed by atoms with Crippen molar-refractivity contribution in [1.29, 1.82) is 0 Å². The van der Waals surface area contributed by atoms with Gasteiger partial charge in [0.2, 0.25) is 0 Å². The average molecular weight is 273 g/mol. The maximum atomic E-state index is 3.58. The van der Waals surface area contributed by atoms with E-state index in [0.29, 0.717) is 6.04 Å². The monoisotopic (exact) mass is 273 g/mol. The lowest BCUT2D eigenvalue weighted by Gasteiger charge is -2.35. The van der Waals surface area contributed by atoms with E-state index in [9.17, 15) is 0 Å². The fourth-order valence-corrected chi connectivity index (χ4v) is 3.36. The van der Waals surface area contributed by atoms with E-state index in [4.69, 9.17) is 0 Å². The molecule has 1 aromatic carbocycles. The van der Waals surface area contributed by atoms with Crippen molar-refractivity contribution >= 4 is 11.4 Å². The van der Waals surface area contributed by atoms with Gasteiger partial charge in [0.15, 0.2) is 0 Å². The van der Waals surface area contributed by atoms with Crippen LogP contribution in [-0.4, -0.2) is 38.8 Å². The van der Waals surface area contributed by atoms with Gasteiger partial charge in [0.25, 0.3) is 0 Å². The second-order valence-corrected chi connectivity index (χ2v) is 6.07. The summed E-state index contributed by atoms with van der Waals surface area (Å²) in [5.74, 6) is 0. The Kier molecular flexibility index (Phi) is 4.46. The Morgan fingerprint density at radius 1 is 0.950 bits per heavy atom. The molecule has 0 aromatic heterocycles. The Morgan fingerprint density at radius 2 is 1.60 bits per heavy atom. The number of nitrogens with zero attached hydrogens (tertiary/aromatic N) is 2. The lowest BCUT2D eigenvalue weighted by atomic mass is 10.1. The van der Waals surface area contributed by atoms with Gasteiger partial charge in [-0.15, -0.1) is 0 Å². The van der Waals surface area contributed by atoms with Gasteiger partial charge >= 0.3 is 0 Å². The minimum absolute atomic E-state index is 0.644. The van der Waals surface area contributed by atoms with E-state index in [1.807, 2.05) is 0 Å². The molecule has 1 aromatic rings. The summed E-state index contributed by atoms with van der Waals surface area (Å²) in [6.07, 6.45) is 5.30. The van der Waals surface area contributed by atoms with Gasteiger partial charge in [0.1, 0.15) is 0 Å². The first-order valence-corrected chi connectivity index (χ1v) is 8.20. The van der Waals surface area contributed by atoms with E-state index in [-0.39, 0.29) is 0 Å². The van der Waals surface area contributed by atoms with Gasteiger partial charge in [-0.3, -0.25) is 0 Å². The van der Waals surface area contributed by atoms with Crippen LogP contribution in [0.15, 0.2) is 24.3 Å². The SMILES string of the molecule is CCC1CN(c2ccc(N3CCCCC3)cc2)CCN1. The second-order valence-electron chi connectivity index (χ2n) is 6.07. The molecule has 3 nitrogen and oxygen atoms in total. The number of hydrogen-bond donors (Lipinski definition) is 1. The van der Waals surface area contributed by atoms with Gasteiger partial charge in [-0.25, -0.2) is 0 Å². The van der Waals surface area contributed by atoms with Crippen LogP contribution in [-0.2, 0) is 0 Å². The molecule has 0 spiro atoms. The largest absolute Gasteiger partial charge is 0.372 e. The van der Waals surface area contributed by atoms with Crippen molar-refractivity contribution in [1.82, 2.24) is 5.32 Å². The molecule has 2 saturated heterocycles. The molecule has 0 amide bonds. The Morgan fingerprint density at radius 3 is 2.25 bits per heavy atom. The van der Waals surface area contributed by atoms with E-state index in [1.54, 1.807) is 0 Å². The van der Waals surface area contributed by atoms with Crippen molar-refractivity contribution in [3.8, 4) is 0 Å². The number of benzene rings is 1. The van der Waals surface area contributed by atoms with Crippen molar-refractivity contribution in [2.24, 2.45) is 0 Å². The minimum Gasteiger partial charge on any atom is -0.372 e. The maximum Gasteiger partial charge on any atom is 0.0368 e. The highest BCUT2D eigenvalue weighted by Gasteiger charge is 2.18. The number of hydrogen-bond acceptors (Lipinski definition) is 3. The summed E-state index contributed by atoms with van der Waals surface area (Å²) in [5.41, 5.74) is 2.78. The van der Waals surface area contributed by atoms with Crippen LogP contribution in [0.25, 0.3) is 0 Å². The van der Waals surface area contributed by atoms with Gasteiger partial charge in [-0.2, -0.15) is 0 Å². The van der Waals surface area contributed by atoms with E-state index in [2.05, 4.69) is 46.3 Å². The van der Waals surface area contributed by atoms with Gasteiger partial charge in [-0.05, 0) is 49.9 Å². The summed E-state index contributed by atoms with van der Waals surface area (Å²) in [4.78, 5) is 5.05. The van der Waals surface area contributed by atoms with Crippen LogP contribution in [0, 0.1) is 0 Å². The third kappa shape index (κ3) is 3.09. The average Bonchev–Trinajstić information content (AvgIpc) is 2.56. The van der Waals surface area contributed by atoms with Crippen molar-refractivity contribution in [2.45, 2.75) is 38.6 Å². The standard InChI is InChI=1S/C17H27N3/c1-2-15-14-20(13-10-18-15)17-8-6-16(7-9-17)19-11-4-3-5-12-19/h6-9,15,18H,2-5,10-14H2,1H3. The summed E-state index contributed by atoms with van der Waals surface area (Å²) in [6, 6.07) is 9.88. The van der Waals surface area contributed by atoms with Crippen LogP contribution < -0.4 is 15.1 Å². The molecule has 110 valence electrons. The zero-order valence-electron chi connectivity index (χ0n) is 12.6. The second kappa shape index (κ2) is 6.49. The van der Waals surface area contributed by atoms with E-state index in [1.165, 1.54) is 50.1 Å². The van der Waals surface area contributed by atoms with Crippen LogP contribution in [0.4, 0.5) is 11.4 Å². The van der Waals surface area contributed by atoms with Crippen molar-refractivity contribution in [2.75, 3.05) is 42.5 Å². The molecule has 0 saturated carbocycles. The number of nitrogens with one attached hydrogen (secondary N) is 1. The zero-order chi connectivity index (χ0) is 13.8. The van der Waals surface area contributed by atoms with Crippen molar-refractivity contribution in [3.05, 3.63) is 24.3 Å². The first-order valence-electron chi connectivity index (χ1n) is 8.20. The van der Waals surface area contributed by atoms with Crippen LogP contribution in [0.3, 0.4) is 0 Å². The lowest BCUT2D eigenvalue weighted by Crippen LogP contribution is -2.50. The summed E-state index contributed by atoms with van der Waals surface area (Å²) in [5, 5.41) is 3.58. The Balaban J connectivity index is 1.66. The summed E-state index contributed by atoms with van der Waals surface area (Å²) >= 11 is 0. The molecule has 2 heterocycles. The Labute approximate surface area is 123 Å². The first-order chi connectivity index (χ1) is 9.86. The van der Waals surface area contributed by atoms with Crippen LogP contribution >= 0.6 is 0 Å². The Hall–Kier alpha value is -1.22. The van der Waals surface area contributed by atoms with Gasteiger partial charge in [-0.1, -0.05) is 6.92 Å². The molecule has 1 N–H and O–H groups in total. The molecular weight excluding hydrogens is 246 g/mol. The number of anilines is 2. The maximum absolute atomic E-state index is 3.58. The van der Waals surface area contributed by atoms with Crippen LogP contribution in [0.2, 0.25) is 0 Å². The van der Waals surface area contributed by atoms with Gasteiger partial charge in [0, 0.05) is 50.1 Å². The quantitative estimate of drug-likeness (QED) is 0.913. The minimum atomic E-state index is 0.644. The third-order valence-corrected chi connectivity index (χ3v) is 4.68. The molecule has 0 radical (unpaired) electrons. The fraction of sp³-hybridized carbons (Fsp3) is 0.647. The summed E-state index contributed by atoms with van der Waals surface area (Å²) < 4.78 is 0. The van der Waals surface area contributed by atoms with Crippen LogP contribution in [0.5, 0.6) is 0 Å². The molecule has 2 aliphatic rings. The molecule has 0 aliphatic carbocycles. The predicted octanol–water partition coefficient (Wildman–Crippen LogP) is 2.87. The van der Waals surface area contributed by atoms with E-state index in [0.717, 1.165) is 19.6 Å². The molecule has 3 rings (SSSR count). The molecule has 2 fully saturated rings.